The highest BCUT2D eigenvalue weighted by Gasteiger charge is 2.33. The largest absolute Gasteiger partial charge is 0.493 e. The van der Waals surface area contributed by atoms with Gasteiger partial charge in [0.15, 0.2) is 34.6 Å². The van der Waals surface area contributed by atoms with Crippen LogP contribution in [0.4, 0.5) is 4.39 Å². The number of halogens is 2. The van der Waals surface area contributed by atoms with Crippen LogP contribution < -0.4 is 18.9 Å². The number of amidine groups is 1. The van der Waals surface area contributed by atoms with Crippen molar-refractivity contribution in [2.45, 2.75) is 45.6 Å². The van der Waals surface area contributed by atoms with Crippen LogP contribution in [-0.2, 0) is 12.0 Å². The van der Waals surface area contributed by atoms with Gasteiger partial charge in [-0.05, 0) is 35.6 Å². The van der Waals surface area contributed by atoms with Gasteiger partial charge in [0.2, 0.25) is 0 Å². The monoisotopic (exact) mass is 577 g/mol. The lowest BCUT2D eigenvalue weighted by atomic mass is 9.84. The normalized spacial score (nSPS) is 12.4. The molecule has 2 aromatic rings. The van der Waals surface area contributed by atoms with Crippen molar-refractivity contribution in [3.8, 4) is 29.1 Å². The van der Waals surface area contributed by atoms with Gasteiger partial charge in [-0.25, -0.2) is 4.39 Å². The number of methoxy groups -OCH3 is 3. The van der Waals surface area contributed by atoms with E-state index in [0.717, 1.165) is 5.56 Å². The first kappa shape index (κ1) is 29.9. The average molecular weight is 578 g/mol. The summed E-state index contributed by atoms with van der Waals surface area (Å²) in [6.07, 6.45) is 0.904. The lowest BCUT2D eigenvalue weighted by Crippen LogP contribution is -2.30. The van der Waals surface area contributed by atoms with E-state index in [-0.39, 0.29) is 64.2 Å². The first-order valence-corrected chi connectivity index (χ1v) is 11.6. The van der Waals surface area contributed by atoms with Crippen LogP contribution in [0.5, 0.6) is 23.0 Å². The summed E-state index contributed by atoms with van der Waals surface area (Å²) in [4.78, 5) is 14.9. The molecule has 2 aromatic carbocycles. The van der Waals surface area contributed by atoms with E-state index in [9.17, 15) is 4.79 Å². The number of nitrogens with zero attached hydrogens (tertiary/aromatic N) is 2. The van der Waals surface area contributed by atoms with Crippen molar-refractivity contribution in [3.63, 3.8) is 0 Å². The minimum atomic E-state index is -0.681. The summed E-state index contributed by atoms with van der Waals surface area (Å²) in [7, 11) is 4.31. The molecule has 1 heterocycles. The van der Waals surface area contributed by atoms with Crippen LogP contribution in [0.25, 0.3) is 0 Å². The summed E-state index contributed by atoms with van der Waals surface area (Å²) in [5, 5.41) is 17.3. The summed E-state index contributed by atoms with van der Waals surface area (Å²) in [6.45, 7) is 6.40. The van der Waals surface area contributed by atoms with Crippen LogP contribution in [0.2, 0.25) is 0 Å². The van der Waals surface area contributed by atoms with Gasteiger partial charge in [0, 0.05) is 24.1 Å². The van der Waals surface area contributed by atoms with Crippen LogP contribution >= 0.6 is 17.0 Å². The molecule has 3 rings (SSSR count). The van der Waals surface area contributed by atoms with Crippen LogP contribution in [0.15, 0.2) is 18.2 Å². The third-order valence-corrected chi connectivity index (χ3v) is 6.02. The molecule has 1 N–H and O–H groups in total. The van der Waals surface area contributed by atoms with Crippen LogP contribution in [0, 0.1) is 22.6 Å². The van der Waals surface area contributed by atoms with Gasteiger partial charge in [-0.2, -0.15) is 5.26 Å². The number of Topliss-reactive ketones (excluding diaryl/α,β-unsaturated/α-hetero) is 1. The minimum absolute atomic E-state index is 0. The van der Waals surface area contributed by atoms with E-state index in [0.29, 0.717) is 42.1 Å². The van der Waals surface area contributed by atoms with Gasteiger partial charge < -0.3 is 23.8 Å². The quantitative estimate of drug-likeness (QED) is 0.296. The number of fused-ring (bicyclic) bond motifs is 1. The molecule has 37 heavy (non-hydrogen) atoms. The Kier molecular flexibility index (Phi) is 9.93. The third-order valence-electron chi connectivity index (χ3n) is 6.02. The zero-order chi connectivity index (χ0) is 26.6. The molecule has 0 bridgehead atoms. The number of carbonyl (C=O) groups is 1. The number of rotatable bonds is 10. The molecule has 8 nitrogen and oxygen atoms in total. The molecule has 0 saturated heterocycles. The van der Waals surface area contributed by atoms with Gasteiger partial charge >= 0.3 is 0 Å². The number of ketones is 1. The highest BCUT2D eigenvalue weighted by Crippen LogP contribution is 2.41. The maximum absolute atomic E-state index is 15.1. The molecule has 0 aliphatic carbocycles. The number of nitrogens with one attached hydrogen (secondary N) is 1. The lowest BCUT2D eigenvalue weighted by molar-refractivity contribution is 0.0962. The van der Waals surface area contributed by atoms with E-state index in [1.807, 2.05) is 20.8 Å². The van der Waals surface area contributed by atoms with Crippen molar-refractivity contribution in [2.75, 3.05) is 34.5 Å². The molecule has 0 radical (unpaired) electrons. The van der Waals surface area contributed by atoms with Crippen molar-refractivity contribution >= 4 is 28.6 Å². The van der Waals surface area contributed by atoms with Crippen LogP contribution in [-0.4, -0.2) is 51.0 Å². The first-order chi connectivity index (χ1) is 17.1. The standard InChI is InChI=1S/C27H32FN3O5.BrH/c1-27(2,3)18-11-16(12-21(24(18)34-5)36-10-8-7-9-29)19(32)15-31-14-17-13-20(33-4)25(35-6)23(28)22(17)26(31)30;/h11-13,30H,7-8,10,14-15H2,1-6H3;1H. The second kappa shape index (κ2) is 12.3. The Morgan fingerprint density at radius 1 is 1.11 bits per heavy atom. The second-order valence-electron chi connectivity index (χ2n) is 9.50. The molecule has 0 saturated carbocycles. The number of hydrogen-bond acceptors (Lipinski definition) is 7. The maximum atomic E-state index is 15.1. The van der Waals surface area contributed by atoms with Crippen molar-refractivity contribution in [1.29, 1.82) is 10.7 Å². The zero-order valence-electron chi connectivity index (χ0n) is 22.0. The van der Waals surface area contributed by atoms with E-state index in [2.05, 4.69) is 6.07 Å². The van der Waals surface area contributed by atoms with Crippen LogP contribution in [0.3, 0.4) is 0 Å². The SMILES string of the molecule is Br.COc1cc2c(c(F)c1OC)C(=N)N(CC(=O)c1cc(OCCCC#N)c(OC)c(C(C)(C)C)c1)C2. The summed E-state index contributed by atoms with van der Waals surface area (Å²) < 4.78 is 37.0. The molecule has 0 unspecified atom stereocenters. The predicted octanol–water partition coefficient (Wildman–Crippen LogP) is 5.43. The molecule has 0 amide bonds. The highest BCUT2D eigenvalue weighted by molar-refractivity contribution is 8.93. The average Bonchev–Trinajstić information content (AvgIpc) is 3.15. The predicted molar refractivity (Wildman–Crippen MR) is 143 cm³/mol. The summed E-state index contributed by atoms with van der Waals surface area (Å²) in [5.74, 6) is 0.107. The zero-order valence-corrected chi connectivity index (χ0v) is 23.7. The van der Waals surface area contributed by atoms with Gasteiger partial charge in [-0.3, -0.25) is 10.2 Å². The van der Waals surface area contributed by atoms with E-state index in [1.54, 1.807) is 25.3 Å². The van der Waals surface area contributed by atoms with Gasteiger partial charge in [0.1, 0.15) is 5.84 Å². The van der Waals surface area contributed by atoms with Gasteiger partial charge in [-0.15, -0.1) is 17.0 Å². The second-order valence-corrected chi connectivity index (χ2v) is 9.50. The molecule has 0 aromatic heterocycles. The van der Waals surface area contributed by atoms with E-state index in [1.165, 1.54) is 19.1 Å². The minimum Gasteiger partial charge on any atom is -0.493 e. The molecule has 0 fully saturated rings. The van der Waals surface area contributed by atoms with Crippen molar-refractivity contribution in [2.24, 2.45) is 0 Å². The summed E-state index contributed by atoms with van der Waals surface area (Å²) in [5.41, 5.74) is 1.50. The first-order valence-electron chi connectivity index (χ1n) is 11.6. The molecule has 0 spiro atoms. The van der Waals surface area contributed by atoms with Crippen molar-refractivity contribution in [3.05, 3.63) is 46.3 Å². The van der Waals surface area contributed by atoms with Gasteiger partial charge in [-0.1, -0.05) is 20.8 Å². The summed E-state index contributed by atoms with van der Waals surface area (Å²) >= 11 is 0. The Bertz CT molecular complexity index is 1220. The number of hydrogen-bond donors (Lipinski definition) is 1. The fraction of sp³-hybridized carbons (Fsp3) is 0.444. The van der Waals surface area contributed by atoms with E-state index in [4.69, 9.17) is 29.6 Å². The van der Waals surface area contributed by atoms with Crippen LogP contribution in [0.1, 0.15) is 60.7 Å². The molecule has 10 heteroatoms. The smallest absolute Gasteiger partial charge is 0.197 e. The summed E-state index contributed by atoms with van der Waals surface area (Å²) in [6, 6.07) is 7.13. The number of benzene rings is 2. The molecule has 1 aliphatic heterocycles. The molecular weight excluding hydrogens is 545 g/mol. The van der Waals surface area contributed by atoms with Crippen molar-refractivity contribution in [1.82, 2.24) is 4.90 Å². The molecule has 0 atom stereocenters. The Morgan fingerprint density at radius 3 is 2.35 bits per heavy atom. The molecular formula is C27H33BrFN3O5. The fourth-order valence-corrected chi connectivity index (χ4v) is 4.19. The fourth-order valence-electron chi connectivity index (χ4n) is 4.19. The van der Waals surface area contributed by atoms with E-state index >= 15 is 4.39 Å². The van der Waals surface area contributed by atoms with Crippen molar-refractivity contribution < 1.29 is 28.1 Å². The number of ether oxygens (including phenoxy) is 4. The Labute approximate surface area is 227 Å². The highest BCUT2D eigenvalue weighted by atomic mass is 79.9. The van der Waals surface area contributed by atoms with Gasteiger partial charge in [0.25, 0.3) is 0 Å². The number of nitriles is 1. The van der Waals surface area contributed by atoms with Gasteiger partial charge in [0.05, 0.1) is 46.1 Å². The number of unbranched alkanes of at least 4 members (excludes halogenated alkanes) is 1. The third kappa shape index (κ3) is 6.16. The molecule has 200 valence electrons. The topological polar surface area (TPSA) is 105 Å². The molecule has 1 aliphatic rings. The Balaban J connectivity index is 0.00000481. The lowest BCUT2D eigenvalue weighted by Gasteiger charge is -2.25. The van der Waals surface area contributed by atoms with E-state index < -0.39 is 5.82 Å². The Morgan fingerprint density at radius 2 is 1.78 bits per heavy atom. The number of carbonyl (C=O) groups excluding carboxylic acids is 1. The maximum Gasteiger partial charge on any atom is 0.197 e. The Hall–Kier alpha value is -3.32.